The summed E-state index contributed by atoms with van der Waals surface area (Å²) in [4.78, 5) is 84.9. The predicted octanol–water partition coefficient (Wildman–Crippen LogP) is 0.970. The number of nitrogens with one attached hydrogen (secondary N) is 1. The highest BCUT2D eigenvalue weighted by Gasteiger charge is 2.58. The Hall–Kier alpha value is -3.49. The van der Waals surface area contributed by atoms with E-state index < -0.39 is 126 Å². The summed E-state index contributed by atoms with van der Waals surface area (Å²) in [5, 5.41) is 8.03. The largest absolute Gasteiger partial charge is 0.463 e. The van der Waals surface area contributed by atoms with E-state index in [2.05, 4.69) is 0 Å². The van der Waals surface area contributed by atoms with Gasteiger partial charge in [0.15, 0.2) is 30.7 Å². The molecule has 282 valence electrons. The predicted molar refractivity (Wildman–Crippen MR) is 162 cm³/mol. The van der Waals surface area contributed by atoms with Crippen LogP contribution in [0.25, 0.3) is 0 Å². The Kier molecular flexibility index (Phi) is 15.9. The van der Waals surface area contributed by atoms with E-state index in [-0.39, 0.29) is 0 Å². The summed E-state index contributed by atoms with van der Waals surface area (Å²) >= 11 is 17.3. The van der Waals surface area contributed by atoms with Crippen LogP contribution in [-0.2, 0) is 85.7 Å². The fourth-order valence-electron chi connectivity index (χ4n) is 4.75. The Morgan fingerprint density at radius 1 is 0.500 bits per heavy atom. The van der Waals surface area contributed by atoms with E-state index in [1.165, 1.54) is 0 Å². The topological polar surface area (TPSA) is 245 Å². The minimum absolute atomic E-state index is 0.617. The Morgan fingerprint density at radius 2 is 0.840 bits per heavy atom. The molecule has 22 heteroatoms. The van der Waals surface area contributed by atoms with Gasteiger partial charge >= 0.3 is 41.8 Å². The van der Waals surface area contributed by atoms with Crippen molar-refractivity contribution in [3.63, 3.8) is 0 Å². The highest BCUT2D eigenvalue weighted by Crippen LogP contribution is 2.37. The van der Waals surface area contributed by atoms with Crippen molar-refractivity contribution in [1.82, 2.24) is 0 Å². The molecule has 2 rings (SSSR count). The Balaban J connectivity index is 2.77. The van der Waals surface area contributed by atoms with Gasteiger partial charge in [0.1, 0.15) is 31.5 Å². The third-order valence-electron chi connectivity index (χ3n) is 6.38. The first kappa shape index (κ1) is 42.7. The summed E-state index contributed by atoms with van der Waals surface area (Å²) in [6.45, 7) is 5.79. The Morgan fingerprint density at radius 3 is 1.24 bits per heavy atom. The molecule has 0 amide bonds. The van der Waals surface area contributed by atoms with Gasteiger partial charge in [-0.05, 0) is 0 Å². The maximum absolute atomic E-state index is 12.4. The molecular weight excluding hydrogens is 745 g/mol. The zero-order valence-electron chi connectivity index (χ0n) is 27.7. The van der Waals surface area contributed by atoms with E-state index in [0.717, 1.165) is 48.5 Å². The summed E-state index contributed by atoms with van der Waals surface area (Å²) in [7, 11) is 0. The van der Waals surface area contributed by atoms with E-state index in [9.17, 15) is 33.6 Å². The van der Waals surface area contributed by atoms with E-state index >= 15 is 0 Å². The van der Waals surface area contributed by atoms with Crippen LogP contribution in [0.2, 0.25) is 0 Å². The normalized spacial score (nSPS) is 29.3. The van der Waals surface area contributed by atoms with Gasteiger partial charge in [0.25, 0.3) is 3.79 Å². The van der Waals surface area contributed by atoms with Crippen LogP contribution < -0.4 is 0 Å². The van der Waals surface area contributed by atoms with Crippen LogP contribution in [0.5, 0.6) is 0 Å². The first-order chi connectivity index (χ1) is 23.1. The van der Waals surface area contributed by atoms with Crippen LogP contribution in [0.3, 0.4) is 0 Å². The molecular formula is C28H36Cl3NO18. The van der Waals surface area contributed by atoms with Gasteiger partial charge in [-0.1, -0.05) is 34.8 Å². The molecule has 0 radical (unpaired) electrons. The van der Waals surface area contributed by atoms with Crippen LogP contribution >= 0.6 is 34.8 Å². The summed E-state index contributed by atoms with van der Waals surface area (Å²) in [5.41, 5.74) is 0. The number of alkyl halides is 3. The maximum atomic E-state index is 12.4. The number of carbonyl (C=O) groups is 7. The molecule has 19 nitrogen and oxygen atoms in total. The average Bonchev–Trinajstić information content (AvgIpc) is 2.95. The third kappa shape index (κ3) is 13.0. The Bertz CT molecular complexity index is 1310. The van der Waals surface area contributed by atoms with Crippen molar-refractivity contribution in [2.75, 3.05) is 13.2 Å². The molecule has 0 aromatic rings. The fourth-order valence-corrected chi connectivity index (χ4v) is 4.88. The van der Waals surface area contributed by atoms with Crippen LogP contribution in [0, 0.1) is 5.41 Å². The third-order valence-corrected chi connectivity index (χ3v) is 6.89. The number of carbonyl (C=O) groups excluding carboxylic acids is 7. The molecule has 0 aromatic carbocycles. The molecule has 0 aromatic heterocycles. The van der Waals surface area contributed by atoms with E-state index in [0.29, 0.717) is 0 Å². The van der Waals surface area contributed by atoms with Crippen molar-refractivity contribution in [1.29, 1.82) is 5.41 Å². The second-order valence-corrected chi connectivity index (χ2v) is 12.9. The van der Waals surface area contributed by atoms with Crippen LogP contribution in [0.15, 0.2) is 0 Å². The molecule has 2 aliphatic rings. The lowest BCUT2D eigenvalue weighted by Gasteiger charge is -2.48. The monoisotopic (exact) mass is 779 g/mol. The van der Waals surface area contributed by atoms with Crippen LogP contribution in [0.1, 0.15) is 48.5 Å². The minimum atomic E-state index is -2.45. The maximum Gasteiger partial charge on any atom is 0.303 e. The summed E-state index contributed by atoms with van der Waals surface area (Å²) in [5.74, 6) is -7.37. The van der Waals surface area contributed by atoms with E-state index in [1.54, 1.807) is 0 Å². The van der Waals surface area contributed by atoms with Crippen molar-refractivity contribution in [3.05, 3.63) is 0 Å². The number of hydrogen-bond donors (Lipinski definition) is 1. The van der Waals surface area contributed by atoms with Crippen molar-refractivity contribution < 1.29 is 85.7 Å². The van der Waals surface area contributed by atoms with Crippen LogP contribution in [-0.4, -0.2) is 126 Å². The van der Waals surface area contributed by atoms with Gasteiger partial charge in [-0.2, -0.15) is 0 Å². The molecule has 10 atom stereocenters. The summed E-state index contributed by atoms with van der Waals surface area (Å²) < 4.78 is 58.1. The van der Waals surface area contributed by atoms with Gasteiger partial charge < -0.3 is 52.1 Å². The summed E-state index contributed by atoms with van der Waals surface area (Å²) in [6, 6.07) is 0. The lowest BCUT2D eigenvalue weighted by atomic mass is 9.96. The number of hydrogen-bond acceptors (Lipinski definition) is 19. The van der Waals surface area contributed by atoms with Gasteiger partial charge in [0, 0.05) is 48.5 Å². The number of rotatable bonds is 12. The number of ether oxygens (including phenoxy) is 11. The molecule has 50 heavy (non-hydrogen) atoms. The molecule has 2 heterocycles. The van der Waals surface area contributed by atoms with Gasteiger partial charge in [0.2, 0.25) is 18.3 Å². The van der Waals surface area contributed by atoms with Crippen molar-refractivity contribution in [3.8, 4) is 0 Å². The van der Waals surface area contributed by atoms with Gasteiger partial charge in [-0.25, -0.2) is 0 Å². The zero-order valence-corrected chi connectivity index (χ0v) is 29.9. The van der Waals surface area contributed by atoms with Gasteiger partial charge in [-0.3, -0.25) is 39.0 Å². The highest BCUT2D eigenvalue weighted by atomic mass is 35.6. The second-order valence-electron chi connectivity index (χ2n) is 10.6. The van der Waals surface area contributed by atoms with Crippen LogP contribution in [0.4, 0.5) is 0 Å². The molecule has 2 aliphatic heterocycles. The minimum Gasteiger partial charge on any atom is -0.463 e. The lowest BCUT2D eigenvalue weighted by molar-refractivity contribution is -0.355. The standard InChI is InChI=1S/C28H36Cl3NO18/c1-10(33)40-8-17-19(42-12(3)35)21(43-13(4)36)23(45-15(6)38)25(47-17)49-20-18(9-41-11(2)34)48-26(50-27(32)28(29,30)31)24(46-16(7)39)22(20)44-14(5)37/h17-26,32H,8-9H2,1-7H3/t17-,18-,19+,20-,21+,22+,23-,24-,25-,26-/m1/s1. The second kappa shape index (κ2) is 18.7. The molecule has 0 unspecified atom stereocenters. The van der Waals surface area contributed by atoms with Crippen molar-refractivity contribution in [2.24, 2.45) is 0 Å². The quantitative estimate of drug-likeness (QED) is 0.0953. The van der Waals surface area contributed by atoms with Crippen molar-refractivity contribution in [2.45, 2.75) is 114 Å². The molecule has 0 spiro atoms. The van der Waals surface area contributed by atoms with E-state index in [1.807, 2.05) is 0 Å². The molecule has 2 fully saturated rings. The Labute approximate surface area is 300 Å². The molecule has 0 bridgehead atoms. The lowest BCUT2D eigenvalue weighted by Crippen LogP contribution is -2.67. The first-order valence-electron chi connectivity index (χ1n) is 14.5. The van der Waals surface area contributed by atoms with Gasteiger partial charge in [-0.15, -0.1) is 0 Å². The number of esters is 7. The highest BCUT2D eigenvalue weighted by molar-refractivity contribution is 6.76. The molecule has 2 saturated heterocycles. The smallest absolute Gasteiger partial charge is 0.303 e. The van der Waals surface area contributed by atoms with Crippen molar-refractivity contribution >= 4 is 82.5 Å². The SMILES string of the molecule is CC(=O)OC[C@H]1O[C@H](O[C@H]2[C@H](OC(C)=O)[C@@H](OC(C)=O)[C@@H](OC(=N)C(Cl)(Cl)Cl)O[C@@H]2COC(C)=O)[C@H](OC(C)=O)[C@@H](OC(C)=O)[C@H]1OC(C)=O. The van der Waals surface area contributed by atoms with E-state index in [4.69, 9.17) is 92.3 Å². The average molecular weight is 781 g/mol. The zero-order chi connectivity index (χ0) is 38.1. The number of halogens is 3. The van der Waals surface area contributed by atoms with Gasteiger partial charge in [0.05, 0.1) is 0 Å². The molecule has 0 saturated carbocycles. The first-order valence-corrected chi connectivity index (χ1v) is 15.7. The molecule has 1 N–H and O–H groups in total. The fraction of sp³-hybridized carbons (Fsp3) is 0.714. The summed E-state index contributed by atoms with van der Waals surface area (Å²) in [6.07, 6.45) is -17.0. The molecule has 0 aliphatic carbocycles.